The molecule has 0 radical (unpaired) electrons. The summed E-state index contributed by atoms with van der Waals surface area (Å²) in [5.74, 6) is 0. The van der Waals surface area contributed by atoms with Crippen molar-refractivity contribution in [2.75, 3.05) is 0 Å². The predicted octanol–water partition coefficient (Wildman–Crippen LogP) is 6.06. The highest BCUT2D eigenvalue weighted by atomic mass is 14.8. The summed E-state index contributed by atoms with van der Waals surface area (Å²) in [6.07, 6.45) is 4.29. The minimum Gasteiger partial charge on any atom is -0.323 e. The van der Waals surface area contributed by atoms with E-state index in [1.807, 2.05) is 0 Å². The van der Waals surface area contributed by atoms with Crippen LogP contribution in [0.3, 0.4) is 0 Å². The molecule has 0 fully saturated rings. The Kier molecular flexibility index (Phi) is 3.05. The van der Waals surface area contributed by atoms with Crippen LogP contribution in [0.15, 0.2) is 73.1 Å². The largest absolute Gasteiger partial charge is 0.323 e. The third kappa shape index (κ3) is 2.53. The summed E-state index contributed by atoms with van der Waals surface area (Å²) in [6, 6.07) is 22.1. The van der Waals surface area contributed by atoms with E-state index < -0.39 is 0 Å². The molecule has 0 atom stereocenters. The van der Waals surface area contributed by atoms with Crippen molar-refractivity contribution in [2.24, 2.45) is 0 Å². The van der Waals surface area contributed by atoms with Gasteiger partial charge in [0.15, 0.2) is 0 Å². The molecule has 0 aliphatic heterocycles. The van der Waals surface area contributed by atoms with Gasteiger partial charge >= 0.3 is 0 Å². The minimum atomic E-state index is 0.187. The lowest BCUT2D eigenvalue weighted by Gasteiger charge is -2.19. The van der Waals surface area contributed by atoms with E-state index in [4.69, 9.17) is 0 Å². The van der Waals surface area contributed by atoms with Gasteiger partial charge in [0.1, 0.15) is 0 Å². The third-order valence-corrected chi connectivity index (χ3v) is 4.54. The second-order valence-corrected chi connectivity index (χ2v) is 7.29. The lowest BCUT2D eigenvalue weighted by molar-refractivity contribution is 0.591. The van der Waals surface area contributed by atoms with Gasteiger partial charge in [0.2, 0.25) is 0 Å². The van der Waals surface area contributed by atoms with Gasteiger partial charge in [-0.05, 0) is 51.6 Å². The fourth-order valence-electron chi connectivity index (χ4n) is 3.11. The zero-order valence-corrected chi connectivity index (χ0v) is 13.9. The summed E-state index contributed by atoms with van der Waals surface area (Å²) in [5.41, 5.74) is 5.33. The Morgan fingerprint density at radius 2 is 1.52 bits per heavy atom. The second-order valence-electron chi connectivity index (χ2n) is 7.29. The van der Waals surface area contributed by atoms with Crippen LogP contribution in [0.4, 0.5) is 0 Å². The highest BCUT2D eigenvalue weighted by Gasteiger charge is 2.13. The molecule has 114 valence electrons. The number of rotatable bonds is 1. The van der Waals surface area contributed by atoms with Crippen LogP contribution in [-0.4, -0.2) is 4.40 Å². The van der Waals surface area contributed by atoms with Crippen LogP contribution in [0.25, 0.3) is 27.4 Å². The van der Waals surface area contributed by atoms with Gasteiger partial charge in [0.05, 0.1) is 0 Å². The quantitative estimate of drug-likeness (QED) is 0.402. The predicted molar refractivity (Wildman–Crippen MR) is 99.0 cm³/mol. The number of aromatic nitrogens is 1. The van der Waals surface area contributed by atoms with Crippen molar-refractivity contribution in [2.45, 2.75) is 26.2 Å². The van der Waals surface area contributed by atoms with Gasteiger partial charge in [-0.2, -0.15) is 0 Å². The Hall–Kier alpha value is -2.54. The first-order chi connectivity index (χ1) is 11.0. The topological polar surface area (TPSA) is 4.41 Å². The van der Waals surface area contributed by atoms with Crippen LogP contribution in [-0.2, 0) is 5.41 Å². The fraction of sp³-hybridized carbons (Fsp3) is 0.182. The molecule has 0 amide bonds. The lowest BCUT2D eigenvalue weighted by atomic mass is 9.85. The van der Waals surface area contributed by atoms with E-state index >= 15 is 0 Å². The summed E-state index contributed by atoms with van der Waals surface area (Å²) >= 11 is 0. The normalized spacial score (nSPS) is 12.1. The van der Waals surface area contributed by atoms with Gasteiger partial charge in [0, 0.05) is 23.5 Å². The van der Waals surface area contributed by atoms with Gasteiger partial charge < -0.3 is 4.40 Å². The third-order valence-electron chi connectivity index (χ3n) is 4.54. The number of nitrogens with zero attached hydrogens (tertiary/aromatic N) is 1. The van der Waals surface area contributed by atoms with Crippen molar-refractivity contribution in [3.05, 3.63) is 78.6 Å². The molecular weight excluding hydrogens is 278 g/mol. The Bertz CT molecular complexity index is 966. The molecule has 1 nitrogen and oxygen atoms in total. The second kappa shape index (κ2) is 4.99. The van der Waals surface area contributed by atoms with E-state index in [0.717, 1.165) is 0 Å². The first-order valence-corrected chi connectivity index (χ1v) is 8.12. The molecule has 0 bridgehead atoms. The standard InChI is InChI=1S/C22H21N/c1-22(2,3)20-10-9-16-12-17(7-8-18(16)13-20)19-14-21-6-4-5-11-23(21)15-19/h4-15H,1-3H3. The smallest absolute Gasteiger partial charge is 0.0456 e. The molecule has 4 aromatic rings. The molecular formula is C22H21N. The van der Waals surface area contributed by atoms with Gasteiger partial charge in [-0.25, -0.2) is 0 Å². The monoisotopic (exact) mass is 299 g/mol. The van der Waals surface area contributed by atoms with Crippen LogP contribution in [0.5, 0.6) is 0 Å². The average molecular weight is 299 g/mol. The Labute approximate surface area is 137 Å². The minimum absolute atomic E-state index is 0.187. The fourth-order valence-corrected chi connectivity index (χ4v) is 3.11. The molecule has 0 spiro atoms. The first kappa shape index (κ1) is 14.1. The highest BCUT2D eigenvalue weighted by molar-refractivity contribution is 5.88. The number of fused-ring (bicyclic) bond motifs is 2. The Morgan fingerprint density at radius 3 is 2.30 bits per heavy atom. The van der Waals surface area contributed by atoms with Crippen LogP contribution in [0.1, 0.15) is 26.3 Å². The molecule has 0 saturated heterocycles. The number of benzene rings is 2. The Morgan fingerprint density at radius 1 is 0.739 bits per heavy atom. The van der Waals surface area contributed by atoms with E-state index in [2.05, 4.69) is 98.2 Å². The zero-order valence-electron chi connectivity index (χ0n) is 13.9. The van der Waals surface area contributed by atoms with E-state index in [1.54, 1.807) is 0 Å². The first-order valence-electron chi connectivity index (χ1n) is 8.12. The van der Waals surface area contributed by atoms with Crippen LogP contribution < -0.4 is 0 Å². The van der Waals surface area contributed by atoms with Crippen molar-refractivity contribution < 1.29 is 0 Å². The summed E-state index contributed by atoms with van der Waals surface area (Å²) < 4.78 is 2.17. The van der Waals surface area contributed by atoms with Gasteiger partial charge in [-0.15, -0.1) is 0 Å². The molecule has 0 saturated carbocycles. The maximum absolute atomic E-state index is 2.31. The zero-order chi connectivity index (χ0) is 16.0. The van der Waals surface area contributed by atoms with E-state index in [0.29, 0.717) is 0 Å². The maximum Gasteiger partial charge on any atom is 0.0456 e. The van der Waals surface area contributed by atoms with Gasteiger partial charge in [-0.1, -0.05) is 57.2 Å². The molecule has 2 aromatic heterocycles. The van der Waals surface area contributed by atoms with E-state index in [9.17, 15) is 0 Å². The molecule has 0 N–H and O–H groups in total. The summed E-state index contributed by atoms with van der Waals surface area (Å²) in [5, 5.41) is 2.61. The Balaban J connectivity index is 1.82. The molecule has 2 heterocycles. The number of pyridine rings is 1. The SMILES string of the molecule is CC(C)(C)c1ccc2cc(-c3cc4ccccn4c3)ccc2c1. The lowest BCUT2D eigenvalue weighted by Crippen LogP contribution is -2.10. The molecule has 2 aromatic carbocycles. The number of hydrogen-bond donors (Lipinski definition) is 0. The van der Waals surface area contributed by atoms with Crippen molar-refractivity contribution in [1.29, 1.82) is 0 Å². The summed E-state index contributed by atoms with van der Waals surface area (Å²) in [7, 11) is 0. The average Bonchev–Trinajstić information content (AvgIpc) is 2.97. The molecule has 0 aliphatic rings. The molecule has 23 heavy (non-hydrogen) atoms. The molecule has 0 unspecified atom stereocenters. The highest BCUT2D eigenvalue weighted by Crippen LogP contribution is 2.30. The van der Waals surface area contributed by atoms with Crippen molar-refractivity contribution in [3.8, 4) is 11.1 Å². The van der Waals surface area contributed by atoms with Crippen LogP contribution >= 0.6 is 0 Å². The van der Waals surface area contributed by atoms with Crippen molar-refractivity contribution in [1.82, 2.24) is 4.40 Å². The van der Waals surface area contributed by atoms with Crippen molar-refractivity contribution in [3.63, 3.8) is 0 Å². The van der Waals surface area contributed by atoms with Crippen LogP contribution in [0.2, 0.25) is 0 Å². The summed E-state index contributed by atoms with van der Waals surface area (Å²) in [4.78, 5) is 0. The van der Waals surface area contributed by atoms with Crippen molar-refractivity contribution >= 4 is 16.3 Å². The molecule has 0 aliphatic carbocycles. The van der Waals surface area contributed by atoms with Gasteiger partial charge in [-0.3, -0.25) is 0 Å². The maximum atomic E-state index is 2.31. The molecule has 4 rings (SSSR count). The molecule has 1 heteroatoms. The van der Waals surface area contributed by atoms with E-state index in [1.165, 1.54) is 33.0 Å². The van der Waals surface area contributed by atoms with Crippen LogP contribution in [0, 0.1) is 0 Å². The van der Waals surface area contributed by atoms with Gasteiger partial charge in [0.25, 0.3) is 0 Å². The van der Waals surface area contributed by atoms with E-state index in [-0.39, 0.29) is 5.41 Å². The summed E-state index contributed by atoms with van der Waals surface area (Å²) in [6.45, 7) is 6.78. The number of hydrogen-bond acceptors (Lipinski definition) is 0.